The van der Waals surface area contributed by atoms with E-state index >= 15 is 0 Å². The van der Waals surface area contributed by atoms with Gasteiger partial charge in [0, 0.05) is 0 Å². The summed E-state index contributed by atoms with van der Waals surface area (Å²) < 4.78 is 23.6. The molecule has 0 aromatic rings. The van der Waals surface area contributed by atoms with E-state index in [0.717, 1.165) is 65.0 Å². The number of unbranched alkanes of at least 4 members (excludes halogenated alkanes) is 12. The largest absolute Gasteiger partial charge is 0.350 e. The van der Waals surface area contributed by atoms with Crippen molar-refractivity contribution in [3.63, 3.8) is 0 Å². The Labute approximate surface area is 228 Å². The van der Waals surface area contributed by atoms with E-state index in [1.54, 1.807) is 0 Å². The lowest BCUT2D eigenvalue weighted by atomic mass is 10.2. The fourth-order valence-corrected chi connectivity index (χ4v) is 3.76. The molecule has 220 valence electrons. The monoisotopic (exact) mass is 517 g/mol. The molecular weight excluding hydrogens is 448 g/mol. The van der Waals surface area contributed by atoms with Crippen LogP contribution in [0.3, 0.4) is 0 Å². The Kier molecular flexibility index (Phi) is 29.4. The van der Waals surface area contributed by atoms with Crippen LogP contribution >= 0.6 is 0 Å². The second kappa shape index (κ2) is 27.9. The molecular formula is C32H68O4. The fourth-order valence-electron chi connectivity index (χ4n) is 3.76. The summed E-state index contributed by atoms with van der Waals surface area (Å²) in [5, 5.41) is 0. The van der Waals surface area contributed by atoms with Crippen LogP contribution in [0.5, 0.6) is 0 Å². The van der Waals surface area contributed by atoms with E-state index in [4.69, 9.17) is 18.9 Å². The minimum atomic E-state index is -0.363. The quantitative estimate of drug-likeness (QED) is 0.0846. The van der Waals surface area contributed by atoms with Crippen molar-refractivity contribution >= 4 is 0 Å². The molecule has 0 aromatic heterocycles. The Morgan fingerprint density at radius 2 is 0.556 bits per heavy atom. The van der Waals surface area contributed by atoms with E-state index in [-0.39, 0.29) is 11.6 Å². The summed E-state index contributed by atoms with van der Waals surface area (Å²) in [6.07, 6.45) is 21.9. The molecule has 36 heavy (non-hydrogen) atoms. The number of rotatable bonds is 26. The minimum absolute atomic E-state index is 0.363. The summed E-state index contributed by atoms with van der Waals surface area (Å²) in [4.78, 5) is 0. The Morgan fingerprint density at radius 3 is 0.722 bits per heavy atom. The van der Waals surface area contributed by atoms with Crippen molar-refractivity contribution in [1.29, 1.82) is 0 Å². The average molecular weight is 517 g/mol. The standard InChI is InChI=1S/2C16H34O2/c2*1-5-8-10-12-14-17-16(4,7-3)18-15-13-11-9-6-2/h2*5-15H2,1-4H3. The molecule has 0 aliphatic carbocycles. The van der Waals surface area contributed by atoms with Crippen LogP contribution < -0.4 is 0 Å². The van der Waals surface area contributed by atoms with Gasteiger partial charge in [0.05, 0.1) is 26.4 Å². The lowest BCUT2D eigenvalue weighted by Crippen LogP contribution is -2.32. The Hall–Kier alpha value is -0.160. The Balaban J connectivity index is 0. The molecule has 0 bridgehead atoms. The maximum atomic E-state index is 5.91. The third kappa shape index (κ3) is 25.5. The summed E-state index contributed by atoms with van der Waals surface area (Å²) in [7, 11) is 0. The van der Waals surface area contributed by atoms with Crippen LogP contribution in [0.25, 0.3) is 0 Å². The van der Waals surface area contributed by atoms with Crippen LogP contribution in [-0.2, 0) is 18.9 Å². The van der Waals surface area contributed by atoms with Gasteiger partial charge < -0.3 is 18.9 Å². The lowest BCUT2D eigenvalue weighted by Gasteiger charge is -2.29. The first-order valence-corrected chi connectivity index (χ1v) is 15.9. The highest BCUT2D eigenvalue weighted by atomic mass is 16.7. The highest BCUT2D eigenvalue weighted by Gasteiger charge is 2.23. The number of ether oxygens (including phenoxy) is 4. The van der Waals surface area contributed by atoms with Gasteiger partial charge in [-0.15, -0.1) is 0 Å². The fraction of sp³-hybridized carbons (Fsp3) is 1.00. The van der Waals surface area contributed by atoms with Gasteiger partial charge in [0.2, 0.25) is 0 Å². The summed E-state index contributed by atoms with van der Waals surface area (Å²) in [6.45, 7) is 20.7. The van der Waals surface area contributed by atoms with Crippen molar-refractivity contribution in [3.05, 3.63) is 0 Å². The maximum Gasteiger partial charge on any atom is 0.165 e. The molecule has 0 aliphatic rings. The summed E-state index contributed by atoms with van der Waals surface area (Å²) >= 11 is 0. The van der Waals surface area contributed by atoms with Gasteiger partial charge in [-0.25, -0.2) is 0 Å². The van der Waals surface area contributed by atoms with E-state index in [0.29, 0.717) is 0 Å². The van der Waals surface area contributed by atoms with Gasteiger partial charge in [0.15, 0.2) is 11.6 Å². The van der Waals surface area contributed by atoms with E-state index in [9.17, 15) is 0 Å². The molecule has 0 saturated carbocycles. The van der Waals surface area contributed by atoms with Crippen molar-refractivity contribution in [1.82, 2.24) is 0 Å². The van der Waals surface area contributed by atoms with Crippen LogP contribution in [0, 0.1) is 0 Å². The predicted octanol–water partition coefficient (Wildman–Crippen LogP) is 10.6. The van der Waals surface area contributed by atoms with Crippen molar-refractivity contribution in [2.45, 2.75) is 183 Å². The Morgan fingerprint density at radius 1 is 0.333 bits per heavy atom. The van der Waals surface area contributed by atoms with Gasteiger partial charge in [-0.1, -0.05) is 119 Å². The van der Waals surface area contributed by atoms with Crippen LogP contribution in [-0.4, -0.2) is 38.0 Å². The van der Waals surface area contributed by atoms with E-state index in [2.05, 4.69) is 55.4 Å². The molecule has 0 atom stereocenters. The molecule has 0 rings (SSSR count). The molecule has 0 aliphatic heterocycles. The highest BCUT2D eigenvalue weighted by molar-refractivity contribution is 4.61. The van der Waals surface area contributed by atoms with Crippen molar-refractivity contribution in [2.24, 2.45) is 0 Å². The molecule has 0 unspecified atom stereocenters. The first kappa shape index (κ1) is 38.0. The Bertz CT molecular complexity index is 347. The van der Waals surface area contributed by atoms with Gasteiger partial charge >= 0.3 is 0 Å². The van der Waals surface area contributed by atoms with Crippen molar-refractivity contribution in [3.8, 4) is 0 Å². The van der Waals surface area contributed by atoms with Gasteiger partial charge in [-0.3, -0.25) is 0 Å². The third-order valence-corrected chi connectivity index (χ3v) is 6.91. The SMILES string of the molecule is CCCCCCOC(C)(CC)OCCCCCC.CCCCCCOC(C)(CC)OCCCCCC. The first-order chi connectivity index (χ1) is 17.4. The number of hydrogen-bond donors (Lipinski definition) is 0. The average Bonchev–Trinajstić information content (AvgIpc) is 2.88. The second-order valence-corrected chi connectivity index (χ2v) is 10.6. The molecule has 0 saturated heterocycles. The molecule has 4 heteroatoms. The lowest BCUT2D eigenvalue weighted by molar-refractivity contribution is -0.228. The molecule has 0 aromatic carbocycles. The van der Waals surface area contributed by atoms with E-state index in [1.165, 1.54) is 77.0 Å². The molecule has 0 N–H and O–H groups in total. The zero-order valence-corrected chi connectivity index (χ0v) is 26.2. The first-order valence-electron chi connectivity index (χ1n) is 15.9. The number of hydrogen-bond acceptors (Lipinski definition) is 4. The maximum absolute atomic E-state index is 5.91. The summed E-state index contributed by atoms with van der Waals surface area (Å²) in [5.74, 6) is -0.725. The van der Waals surface area contributed by atoms with Crippen LogP contribution in [0.15, 0.2) is 0 Å². The predicted molar refractivity (Wildman–Crippen MR) is 158 cm³/mol. The molecule has 0 spiro atoms. The van der Waals surface area contributed by atoms with Crippen LogP contribution in [0.4, 0.5) is 0 Å². The van der Waals surface area contributed by atoms with Crippen molar-refractivity contribution in [2.75, 3.05) is 26.4 Å². The third-order valence-electron chi connectivity index (χ3n) is 6.91. The van der Waals surface area contributed by atoms with Crippen molar-refractivity contribution < 1.29 is 18.9 Å². The van der Waals surface area contributed by atoms with Crippen LogP contribution in [0.1, 0.15) is 171 Å². The van der Waals surface area contributed by atoms with E-state index < -0.39 is 0 Å². The molecule has 4 nitrogen and oxygen atoms in total. The zero-order chi connectivity index (χ0) is 27.4. The van der Waals surface area contributed by atoms with Gasteiger partial charge in [-0.2, -0.15) is 0 Å². The summed E-state index contributed by atoms with van der Waals surface area (Å²) in [5.41, 5.74) is 0. The minimum Gasteiger partial charge on any atom is -0.350 e. The van der Waals surface area contributed by atoms with Gasteiger partial charge in [0.25, 0.3) is 0 Å². The van der Waals surface area contributed by atoms with Crippen LogP contribution in [0.2, 0.25) is 0 Å². The molecule has 0 radical (unpaired) electrons. The molecule has 0 amide bonds. The topological polar surface area (TPSA) is 36.9 Å². The second-order valence-electron chi connectivity index (χ2n) is 10.6. The normalized spacial score (nSPS) is 12.0. The summed E-state index contributed by atoms with van der Waals surface area (Å²) in [6, 6.07) is 0. The molecule has 0 fully saturated rings. The van der Waals surface area contributed by atoms with Gasteiger partial charge in [0.1, 0.15) is 0 Å². The van der Waals surface area contributed by atoms with Gasteiger partial charge in [-0.05, 0) is 52.4 Å². The highest BCUT2D eigenvalue weighted by Crippen LogP contribution is 2.20. The smallest absolute Gasteiger partial charge is 0.165 e. The molecule has 0 heterocycles. The van der Waals surface area contributed by atoms with E-state index in [1.807, 2.05) is 0 Å². The zero-order valence-electron chi connectivity index (χ0n) is 26.2.